The minimum absolute atomic E-state index is 0.0531. The predicted octanol–water partition coefficient (Wildman–Crippen LogP) is 11.2. The van der Waals surface area contributed by atoms with Crippen molar-refractivity contribution in [2.24, 2.45) is 0 Å². The summed E-state index contributed by atoms with van der Waals surface area (Å²) in [7, 11) is 0. The van der Waals surface area contributed by atoms with E-state index in [0.29, 0.717) is 0 Å². The van der Waals surface area contributed by atoms with Gasteiger partial charge in [0.05, 0.1) is 11.0 Å². The molecule has 41 heavy (non-hydrogen) atoms. The zero-order chi connectivity index (χ0) is 27.7. The first-order chi connectivity index (χ1) is 20.0. The highest BCUT2D eigenvalue weighted by Gasteiger charge is 2.35. The van der Waals surface area contributed by atoms with Crippen LogP contribution < -0.4 is 0 Å². The minimum Gasteiger partial charge on any atom is -0.309 e. The Morgan fingerprint density at radius 2 is 1.00 bits per heavy atom. The quantitative estimate of drug-likeness (QED) is 0.193. The molecule has 1 nitrogen and oxygen atoms in total. The van der Waals surface area contributed by atoms with Crippen molar-refractivity contribution in [3.05, 3.63) is 149 Å². The van der Waals surface area contributed by atoms with Crippen LogP contribution in [0.25, 0.3) is 60.9 Å². The van der Waals surface area contributed by atoms with Crippen molar-refractivity contribution >= 4 is 37.7 Å². The van der Waals surface area contributed by atoms with Gasteiger partial charge in [-0.25, -0.2) is 0 Å². The van der Waals surface area contributed by atoms with Gasteiger partial charge < -0.3 is 4.57 Å². The van der Waals surface area contributed by atoms with E-state index >= 15 is 0 Å². The van der Waals surface area contributed by atoms with Crippen molar-refractivity contribution in [2.45, 2.75) is 19.3 Å². The smallest absolute Gasteiger partial charge is 0.0541 e. The molecule has 0 unspecified atom stereocenters. The van der Waals surface area contributed by atoms with Crippen LogP contribution in [-0.4, -0.2) is 4.57 Å². The van der Waals surface area contributed by atoms with E-state index in [1.165, 1.54) is 72.0 Å². The summed E-state index contributed by atoms with van der Waals surface area (Å²) in [5, 5.41) is 2.54. The third-order valence-corrected chi connectivity index (χ3v) is 9.35. The van der Waals surface area contributed by atoms with Crippen LogP contribution in [0.3, 0.4) is 0 Å². The highest BCUT2D eigenvalue weighted by Crippen LogP contribution is 2.50. The maximum Gasteiger partial charge on any atom is 0.0541 e. The molecule has 0 amide bonds. The van der Waals surface area contributed by atoms with Crippen molar-refractivity contribution < 1.29 is 0 Å². The number of hydrogen-bond acceptors (Lipinski definition) is 0. The Kier molecular flexibility index (Phi) is 5.39. The maximum absolute atomic E-state index is 3.69. The fourth-order valence-electron chi connectivity index (χ4n) is 6.76. The molecule has 0 spiro atoms. The van der Waals surface area contributed by atoms with E-state index in [-0.39, 0.29) is 5.41 Å². The minimum atomic E-state index is -0.0531. The van der Waals surface area contributed by atoms with Crippen LogP contribution in [0.15, 0.2) is 138 Å². The van der Waals surface area contributed by atoms with E-state index in [9.17, 15) is 0 Å². The normalized spacial score (nSPS) is 13.4. The lowest BCUT2D eigenvalue weighted by atomic mass is 9.81. The molecule has 0 fully saturated rings. The summed E-state index contributed by atoms with van der Waals surface area (Å²) >= 11 is 3.69. The topological polar surface area (TPSA) is 4.93 Å². The molecule has 0 aliphatic heterocycles. The first-order valence-electron chi connectivity index (χ1n) is 14.1. The summed E-state index contributed by atoms with van der Waals surface area (Å²) in [6.07, 6.45) is 0. The maximum atomic E-state index is 3.69. The van der Waals surface area contributed by atoms with Gasteiger partial charge in [0.1, 0.15) is 0 Å². The Morgan fingerprint density at radius 1 is 0.488 bits per heavy atom. The number of para-hydroxylation sites is 1. The zero-order valence-electron chi connectivity index (χ0n) is 23.0. The van der Waals surface area contributed by atoms with Crippen LogP contribution in [0.1, 0.15) is 25.0 Å². The molecule has 6 aromatic carbocycles. The molecule has 7 aromatic rings. The van der Waals surface area contributed by atoms with Gasteiger partial charge in [-0.1, -0.05) is 109 Å². The molecule has 1 aliphatic carbocycles. The van der Waals surface area contributed by atoms with E-state index in [4.69, 9.17) is 0 Å². The molecule has 1 heterocycles. The van der Waals surface area contributed by atoms with E-state index in [1.807, 2.05) is 0 Å². The summed E-state index contributed by atoms with van der Waals surface area (Å²) < 4.78 is 3.52. The van der Waals surface area contributed by atoms with Crippen molar-refractivity contribution in [3.63, 3.8) is 0 Å². The zero-order valence-corrected chi connectivity index (χ0v) is 24.6. The number of rotatable bonds is 3. The number of nitrogens with zero attached hydrogens (tertiary/aromatic N) is 1. The number of hydrogen-bond donors (Lipinski definition) is 0. The van der Waals surface area contributed by atoms with E-state index in [2.05, 4.69) is 168 Å². The van der Waals surface area contributed by atoms with Gasteiger partial charge in [-0.05, 0) is 99.1 Å². The molecule has 2 heteroatoms. The summed E-state index contributed by atoms with van der Waals surface area (Å²) in [6, 6.07) is 48.9. The van der Waals surface area contributed by atoms with Crippen molar-refractivity contribution in [2.75, 3.05) is 0 Å². The third-order valence-electron chi connectivity index (χ3n) is 8.86. The van der Waals surface area contributed by atoms with Crippen molar-refractivity contribution in [1.29, 1.82) is 0 Å². The van der Waals surface area contributed by atoms with E-state index < -0.39 is 0 Å². The summed E-state index contributed by atoms with van der Waals surface area (Å²) in [5.41, 5.74) is 14.0. The lowest BCUT2D eigenvalue weighted by molar-refractivity contribution is 0.660. The SMILES string of the molecule is CC1(C)c2cc(Br)ccc2-c2ccc(-c3ccc4c(c3)c3cc(-c5ccccc5)ccc3n4-c3ccccc3)cc21. The molecule has 1 aliphatic rings. The highest BCUT2D eigenvalue weighted by atomic mass is 79.9. The van der Waals surface area contributed by atoms with Crippen molar-refractivity contribution in [1.82, 2.24) is 4.57 Å². The van der Waals surface area contributed by atoms with Gasteiger partial charge in [-0.2, -0.15) is 0 Å². The molecule has 196 valence electrons. The summed E-state index contributed by atoms with van der Waals surface area (Å²) in [4.78, 5) is 0. The second-order valence-electron chi connectivity index (χ2n) is 11.6. The van der Waals surface area contributed by atoms with Gasteiger partial charge in [-0.15, -0.1) is 0 Å². The van der Waals surface area contributed by atoms with Gasteiger partial charge >= 0.3 is 0 Å². The Bertz CT molecular complexity index is 2120. The fourth-order valence-corrected chi connectivity index (χ4v) is 7.12. The van der Waals surface area contributed by atoms with E-state index in [1.54, 1.807) is 0 Å². The molecule has 0 saturated carbocycles. The molecular weight excluding hydrogens is 562 g/mol. The van der Waals surface area contributed by atoms with Gasteiger partial charge in [0.2, 0.25) is 0 Å². The standard InChI is InChI=1S/C39H28BrN/c1-39(2)35-23-28(13-17-31(35)32-18-16-29(40)24-36(32)39)27-15-20-38-34(22-27)33-21-26(25-9-5-3-6-10-25)14-19-37(33)41(38)30-11-7-4-8-12-30/h3-24H,1-2H3. The Labute approximate surface area is 248 Å². The summed E-state index contributed by atoms with van der Waals surface area (Å²) in [5.74, 6) is 0. The molecular formula is C39H28BrN. The third kappa shape index (κ3) is 3.74. The first-order valence-corrected chi connectivity index (χ1v) is 14.9. The van der Waals surface area contributed by atoms with Gasteiger partial charge in [-0.3, -0.25) is 0 Å². The van der Waals surface area contributed by atoms with Crippen LogP contribution >= 0.6 is 15.9 Å². The van der Waals surface area contributed by atoms with Crippen LogP contribution in [0.4, 0.5) is 0 Å². The summed E-state index contributed by atoms with van der Waals surface area (Å²) in [6.45, 7) is 4.69. The van der Waals surface area contributed by atoms with Crippen LogP contribution in [-0.2, 0) is 5.41 Å². The lowest BCUT2D eigenvalue weighted by Gasteiger charge is -2.22. The van der Waals surface area contributed by atoms with Crippen LogP contribution in [0, 0.1) is 0 Å². The number of benzene rings is 6. The molecule has 0 radical (unpaired) electrons. The number of fused-ring (bicyclic) bond motifs is 6. The molecule has 0 N–H and O–H groups in total. The monoisotopic (exact) mass is 589 g/mol. The molecule has 0 atom stereocenters. The van der Waals surface area contributed by atoms with Gasteiger partial charge in [0.25, 0.3) is 0 Å². The Balaban J connectivity index is 1.34. The number of aromatic nitrogens is 1. The lowest BCUT2D eigenvalue weighted by Crippen LogP contribution is -2.15. The van der Waals surface area contributed by atoms with Crippen LogP contribution in [0.2, 0.25) is 0 Å². The van der Waals surface area contributed by atoms with Gasteiger partial charge in [0, 0.05) is 26.3 Å². The average molecular weight is 591 g/mol. The van der Waals surface area contributed by atoms with Gasteiger partial charge in [0.15, 0.2) is 0 Å². The first kappa shape index (κ1) is 24.4. The highest BCUT2D eigenvalue weighted by molar-refractivity contribution is 9.10. The van der Waals surface area contributed by atoms with E-state index in [0.717, 1.165) is 4.47 Å². The fraction of sp³-hybridized carbons (Fsp3) is 0.0769. The largest absolute Gasteiger partial charge is 0.309 e. The Hall–Kier alpha value is -4.40. The average Bonchev–Trinajstić information content (AvgIpc) is 3.45. The molecule has 1 aromatic heterocycles. The second kappa shape index (κ2) is 9.06. The number of halogens is 1. The molecule has 8 rings (SSSR count). The molecule has 0 bridgehead atoms. The molecule has 0 saturated heterocycles. The predicted molar refractivity (Wildman–Crippen MR) is 177 cm³/mol. The second-order valence-corrected chi connectivity index (χ2v) is 12.5. The van der Waals surface area contributed by atoms with Crippen molar-refractivity contribution in [3.8, 4) is 39.1 Å². The Morgan fingerprint density at radius 3 is 1.66 bits per heavy atom. The van der Waals surface area contributed by atoms with Crippen LogP contribution in [0.5, 0.6) is 0 Å².